The molecule has 0 spiro atoms. The van der Waals surface area contributed by atoms with E-state index in [9.17, 15) is 5.11 Å². The van der Waals surface area contributed by atoms with Crippen molar-refractivity contribution in [2.75, 3.05) is 13.1 Å². The fraction of sp³-hybridized carbons (Fsp3) is 0.556. The van der Waals surface area contributed by atoms with Gasteiger partial charge in [-0.3, -0.25) is 4.90 Å². The SMILES string of the molecule is CC1(C)[C@@H]2C[C@H]3c4[nH]c5ccc(O)cc5c4CCN(C2)[C@H]31. The molecule has 3 atom stereocenters. The zero-order valence-electron chi connectivity index (χ0n) is 12.7. The molecular weight excluding hydrogens is 260 g/mol. The van der Waals surface area contributed by atoms with Crippen LogP contribution >= 0.6 is 0 Å². The first-order valence-corrected chi connectivity index (χ1v) is 8.13. The summed E-state index contributed by atoms with van der Waals surface area (Å²) in [6, 6.07) is 6.43. The Hall–Kier alpha value is -1.48. The molecule has 2 aliphatic heterocycles. The lowest BCUT2D eigenvalue weighted by atomic mass is 9.82. The topological polar surface area (TPSA) is 39.3 Å². The van der Waals surface area contributed by atoms with Crippen LogP contribution in [0.1, 0.15) is 37.4 Å². The molecule has 0 radical (unpaired) electrons. The first kappa shape index (κ1) is 12.1. The highest BCUT2D eigenvalue weighted by Crippen LogP contribution is 2.59. The molecule has 3 aliphatic rings. The minimum Gasteiger partial charge on any atom is -0.508 e. The van der Waals surface area contributed by atoms with Crippen LogP contribution in [0.3, 0.4) is 0 Å². The fourth-order valence-electron chi connectivity index (χ4n) is 5.53. The zero-order valence-corrected chi connectivity index (χ0v) is 12.7. The predicted molar refractivity (Wildman–Crippen MR) is 83.7 cm³/mol. The van der Waals surface area contributed by atoms with Crippen LogP contribution in [0.5, 0.6) is 5.75 Å². The quantitative estimate of drug-likeness (QED) is 0.778. The van der Waals surface area contributed by atoms with Crippen molar-refractivity contribution in [2.24, 2.45) is 11.3 Å². The van der Waals surface area contributed by atoms with Crippen molar-refractivity contribution in [3.63, 3.8) is 0 Å². The Labute approximate surface area is 125 Å². The van der Waals surface area contributed by atoms with Gasteiger partial charge in [0.05, 0.1) is 0 Å². The Kier molecular flexibility index (Phi) is 2.10. The van der Waals surface area contributed by atoms with Crippen LogP contribution in [0.2, 0.25) is 0 Å². The molecule has 5 rings (SSSR count). The largest absolute Gasteiger partial charge is 0.508 e. The second kappa shape index (κ2) is 3.64. The van der Waals surface area contributed by atoms with Crippen molar-refractivity contribution in [3.8, 4) is 5.75 Å². The lowest BCUT2D eigenvalue weighted by Crippen LogP contribution is -2.39. The molecule has 2 aromatic rings. The van der Waals surface area contributed by atoms with E-state index in [-0.39, 0.29) is 0 Å². The number of phenolic OH excluding ortho intramolecular Hbond substituents is 1. The number of aromatic nitrogens is 1. The molecule has 1 aliphatic carbocycles. The maximum absolute atomic E-state index is 9.83. The minimum atomic E-state index is 0.376. The summed E-state index contributed by atoms with van der Waals surface area (Å²) in [5.41, 5.74) is 4.54. The van der Waals surface area contributed by atoms with Crippen molar-refractivity contribution in [1.29, 1.82) is 0 Å². The van der Waals surface area contributed by atoms with Gasteiger partial charge in [0, 0.05) is 41.6 Å². The number of piperidine rings is 1. The number of fused-ring (bicyclic) bond motifs is 5. The third-order valence-corrected chi connectivity index (χ3v) is 6.52. The molecule has 1 saturated carbocycles. The van der Waals surface area contributed by atoms with E-state index in [2.05, 4.69) is 23.7 Å². The molecule has 3 heterocycles. The molecule has 21 heavy (non-hydrogen) atoms. The minimum absolute atomic E-state index is 0.376. The number of hydrogen-bond donors (Lipinski definition) is 2. The molecular formula is C18H22N2O. The second-order valence-electron chi connectivity index (χ2n) is 7.80. The Morgan fingerprint density at radius 3 is 3.00 bits per heavy atom. The standard InChI is InChI=1S/C18H22N2O/c1-18(2)10-7-14-16-12(5-6-20(9-10)17(14)18)13-8-11(21)3-4-15(13)19-16/h3-4,8,10,14,17,19,21H,5-7,9H2,1-2H3/t10-,14+,17-/m1/s1. The summed E-state index contributed by atoms with van der Waals surface area (Å²) in [5.74, 6) is 1.85. The molecule has 2 bridgehead atoms. The summed E-state index contributed by atoms with van der Waals surface area (Å²) in [5, 5.41) is 11.1. The van der Waals surface area contributed by atoms with Crippen LogP contribution in [0, 0.1) is 11.3 Å². The highest BCUT2D eigenvalue weighted by Gasteiger charge is 2.58. The Morgan fingerprint density at radius 2 is 2.19 bits per heavy atom. The lowest BCUT2D eigenvalue weighted by Gasteiger charge is -2.33. The summed E-state index contributed by atoms with van der Waals surface area (Å²) in [6.07, 6.45) is 2.43. The molecule has 1 aromatic carbocycles. The first-order chi connectivity index (χ1) is 10.1. The number of hydrogen-bond acceptors (Lipinski definition) is 2. The molecule has 3 nitrogen and oxygen atoms in total. The predicted octanol–water partition coefficient (Wildman–Crippen LogP) is 3.24. The number of nitrogens with one attached hydrogen (secondary N) is 1. The van der Waals surface area contributed by atoms with E-state index in [0.717, 1.165) is 18.9 Å². The number of aromatic amines is 1. The van der Waals surface area contributed by atoms with Gasteiger partial charge in [-0.15, -0.1) is 0 Å². The summed E-state index contributed by atoms with van der Waals surface area (Å²) < 4.78 is 0. The average molecular weight is 282 g/mol. The van der Waals surface area contributed by atoms with Crippen molar-refractivity contribution in [1.82, 2.24) is 9.88 Å². The number of benzene rings is 1. The van der Waals surface area contributed by atoms with Gasteiger partial charge in [0.25, 0.3) is 0 Å². The third-order valence-electron chi connectivity index (χ3n) is 6.52. The van der Waals surface area contributed by atoms with Crippen LogP contribution in [0.15, 0.2) is 18.2 Å². The highest BCUT2D eigenvalue weighted by atomic mass is 16.3. The monoisotopic (exact) mass is 282 g/mol. The summed E-state index contributed by atoms with van der Waals surface area (Å²) in [7, 11) is 0. The number of rotatable bonds is 0. The van der Waals surface area contributed by atoms with E-state index in [1.54, 1.807) is 6.07 Å². The molecule has 1 saturated heterocycles. The van der Waals surface area contributed by atoms with Crippen molar-refractivity contribution < 1.29 is 5.11 Å². The van der Waals surface area contributed by atoms with E-state index >= 15 is 0 Å². The number of nitrogens with zero attached hydrogens (tertiary/aromatic N) is 1. The fourth-order valence-corrected chi connectivity index (χ4v) is 5.53. The maximum Gasteiger partial charge on any atom is 0.116 e. The smallest absolute Gasteiger partial charge is 0.116 e. The Morgan fingerprint density at radius 1 is 1.33 bits per heavy atom. The Balaban J connectivity index is 1.73. The van der Waals surface area contributed by atoms with Crippen LogP contribution in [-0.4, -0.2) is 34.1 Å². The van der Waals surface area contributed by atoms with Gasteiger partial charge in [0.15, 0.2) is 0 Å². The van der Waals surface area contributed by atoms with Gasteiger partial charge in [0.1, 0.15) is 5.75 Å². The maximum atomic E-state index is 9.83. The molecule has 0 unspecified atom stereocenters. The average Bonchev–Trinajstić information content (AvgIpc) is 2.98. The first-order valence-electron chi connectivity index (χ1n) is 8.13. The number of phenols is 1. The molecule has 1 aromatic heterocycles. The van der Waals surface area contributed by atoms with Gasteiger partial charge in [-0.1, -0.05) is 13.8 Å². The van der Waals surface area contributed by atoms with Gasteiger partial charge in [-0.2, -0.15) is 0 Å². The molecule has 3 heteroatoms. The number of aromatic hydroxyl groups is 1. The highest BCUT2D eigenvalue weighted by molar-refractivity contribution is 5.86. The third kappa shape index (κ3) is 1.38. The van der Waals surface area contributed by atoms with Crippen LogP contribution in [0.4, 0.5) is 0 Å². The van der Waals surface area contributed by atoms with Crippen molar-refractivity contribution >= 4 is 10.9 Å². The second-order valence-corrected chi connectivity index (χ2v) is 7.80. The van der Waals surface area contributed by atoms with Gasteiger partial charge in [-0.25, -0.2) is 0 Å². The van der Waals surface area contributed by atoms with E-state index in [0.29, 0.717) is 23.1 Å². The van der Waals surface area contributed by atoms with Crippen LogP contribution in [0.25, 0.3) is 10.9 Å². The van der Waals surface area contributed by atoms with Gasteiger partial charge in [0.2, 0.25) is 0 Å². The summed E-state index contributed by atoms with van der Waals surface area (Å²) in [6.45, 7) is 7.36. The molecule has 110 valence electrons. The lowest BCUT2D eigenvalue weighted by molar-refractivity contribution is 0.175. The zero-order chi connectivity index (χ0) is 14.4. The molecule has 2 fully saturated rings. The molecule has 2 N–H and O–H groups in total. The van der Waals surface area contributed by atoms with E-state index < -0.39 is 0 Å². The van der Waals surface area contributed by atoms with E-state index in [1.165, 1.54) is 35.1 Å². The normalized spacial score (nSPS) is 33.3. The van der Waals surface area contributed by atoms with E-state index in [4.69, 9.17) is 0 Å². The summed E-state index contributed by atoms with van der Waals surface area (Å²) >= 11 is 0. The summed E-state index contributed by atoms with van der Waals surface area (Å²) in [4.78, 5) is 6.42. The van der Waals surface area contributed by atoms with Gasteiger partial charge < -0.3 is 10.1 Å². The van der Waals surface area contributed by atoms with Crippen molar-refractivity contribution in [2.45, 2.75) is 38.6 Å². The number of H-pyrrole nitrogens is 1. The van der Waals surface area contributed by atoms with Crippen LogP contribution in [-0.2, 0) is 6.42 Å². The van der Waals surface area contributed by atoms with Crippen molar-refractivity contribution in [3.05, 3.63) is 29.5 Å². The van der Waals surface area contributed by atoms with Crippen LogP contribution < -0.4 is 0 Å². The van der Waals surface area contributed by atoms with Gasteiger partial charge >= 0.3 is 0 Å². The molecule has 0 amide bonds. The Bertz CT molecular complexity index is 745. The van der Waals surface area contributed by atoms with E-state index in [1.807, 2.05) is 12.1 Å². The van der Waals surface area contributed by atoms with Gasteiger partial charge in [-0.05, 0) is 47.9 Å².